The third-order valence-corrected chi connectivity index (χ3v) is 4.92. The second kappa shape index (κ2) is 8.86. The first kappa shape index (κ1) is 16.8. The molecule has 1 fully saturated rings. The highest BCUT2D eigenvalue weighted by atomic mass is 32.2. The molecule has 0 aromatic carbocycles. The molecule has 1 saturated heterocycles. The predicted octanol–water partition coefficient (Wildman–Crippen LogP) is 0.179. The number of rotatable bonds is 9. The van der Waals surface area contributed by atoms with Crippen molar-refractivity contribution in [3.05, 3.63) is 0 Å². The standard InChI is InChI=1S/C12H27N3O3S/c1-3-13-7-4-8-15(2)19(16,17)14-11-12-5-9-18-10-6-12/h12-14H,3-11H2,1-2H3. The van der Waals surface area contributed by atoms with Gasteiger partial charge in [0.05, 0.1) is 0 Å². The maximum absolute atomic E-state index is 12.0. The quantitative estimate of drug-likeness (QED) is 0.595. The summed E-state index contributed by atoms with van der Waals surface area (Å²) in [6.07, 6.45) is 2.70. The van der Waals surface area contributed by atoms with Crippen LogP contribution in [0.1, 0.15) is 26.2 Å². The summed E-state index contributed by atoms with van der Waals surface area (Å²) >= 11 is 0. The number of ether oxygens (including phenoxy) is 1. The Morgan fingerprint density at radius 3 is 2.63 bits per heavy atom. The van der Waals surface area contributed by atoms with Gasteiger partial charge in [0.1, 0.15) is 0 Å². The molecule has 0 bridgehead atoms. The van der Waals surface area contributed by atoms with E-state index in [4.69, 9.17) is 4.74 Å². The van der Waals surface area contributed by atoms with Crippen molar-refractivity contribution >= 4 is 10.2 Å². The van der Waals surface area contributed by atoms with Crippen LogP contribution in [0, 0.1) is 5.92 Å². The van der Waals surface area contributed by atoms with Crippen molar-refractivity contribution in [3.63, 3.8) is 0 Å². The molecule has 1 aliphatic heterocycles. The molecule has 0 atom stereocenters. The van der Waals surface area contributed by atoms with E-state index in [-0.39, 0.29) is 0 Å². The molecule has 0 unspecified atom stereocenters. The summed E-state index contributed by atoms with van der Waals surface area (Å²) in [5.74, 6) is 0.402. The van der Waals surface area contributed by atoms with E-state index < -0.39 is 10.2 Å². The molecule has 0 spiro atoms. The van der Waals surface area contributed by atoms with E-state index in [2.05, 4.69) is 10.0 Å². The number of nitrogens with zero attached hydrogens (tertiary/aromatic N) is 1. The van der Waals surface area contributed by atoms with Gasteiger partial charge >= 0.3 is 0 Å². The van der Waals surface area contributed by atoms with Gasteiger partial charge in [0, 0.05) is 33.4 Å². The van der Waals surface area contributed by atoms with Crippen LogP contribution >= 0.6 is 0 Å². The molecule has 0 saturated carbocycles. The fourth-order valence-electron chi connectivity index (χ4n) is 2.01. The van der Waals surface area contributed by atoms with E-state index in [1.165, 1.54) is 4.31 Å². The summed E-state index contributed by atoms with van der Waals surface area (Å²) in [6, 6.07) is 0. The first-order valence-electron chi connectivity index (χ1n) is 7.05. The van der Waals surface area contributed by atoms with Crippen molar-refractivity contribution < 1.29 is 13.2 Å². The molecular weight excluding hydrogens is 266 g/mol. The molecule has 1 rings (SSSR count). The van der Waals surface area contributed by atoms with E-state index in [0.29, 0.717) is 19.0 Å². The minimum absolute atomic E-state index is 0.402. The zero-order chi connectivity index (χ0) is 14.1. The molecule has 114 valence electrons. The summed E-state index contributed by atoms with van der Waals surface area (Å²) in [5.41, 5.74) is 0. The molecule has 0 aromatic rings. The molecule has 19 heavy (non-hydrogen) atoms. The lowest BCUT2D eigenvalue weighted by atomic mass is 10.0. The van der Waals surface area contributed by atoms with Crippen molar-refractivity contribution in [2.75, 3.05) is 46.4 Å². The molecular formula is C12H27N3O3S. The van der Waals surface area contributed by atoms with Crippen LogP contribution in [-0.4, -0.2) is 59.2 Å². The number of hydrogen-bond acceptors (Lipinski definition) is 4. The first-order chi connectivity index (χ1) is 9.06. The van der Waals surface area contributed by atoms with Gasteiger partial charge in [-0.2, -0.15) is 12.7 Å². The van der Waals surface area contributed by atoms with Gasteiger partial charge in [-0.1, -0.05) is 6.92 Å². The summed E-state index contributed by atoms with van der Waals surface area (Å²) in [6.45, 7) is 6.33. The van der Waals surface area contributed by atoms with Crippen LogP contribution in [0.15, 0.2) is 0 Å². The van der Waals surface area contributed by atoms with Gasteiger partial charge < -0.3 is 10.1 Å². The molecule has 1 aliphatic rings. The molecule has 6 nitrogen and oxygen atoms in total. The molecule has 0 radical (unpaired) electrons. The summed E-state index contributed by atoms with van der Waals surface area (Å²) in [7, 11) is -1.71. The molecule has 0 aromatic heterocycles. The monoisotopic (exact) mass is 293 g/mol. The van der Waals surface area contributed by atoms with Crippen LogP contribution in [0.4, 0.5) is 0 Å². The fourth-order valence-corrected chi connectivity index (χ4v) is 3.04. The van der Waals surface area contributed by atoms with E-state index in [0.717, 1.165) is 45.6 Å². The minimum Gasteiger partial charge on any atom is -0.381 e. The van der Waals surface area contributed by atoms with Crippen LogP contribution in [-0.2, 0) is 14.9 Å². The van der Waals surface area contributed by atoms with Crippen LogP contribution in [0.5, 0.6) is 0 Å². The van der Waals surface area contributed by atoms with Gasteiger partial charge in [-0.25, -0.2) is 4.72 Å². The number of hydrogen-bond donors (Lipinski definition) is 2. The maximum atomic E-state index is 12.0. The second-order valence-electron chi connectivity index (χ2n) is 4.94. The average molecular weight is 293 g/mol. The Kier molecular flexibility index (Phi) is 7.86. The molecule has 2 N–H and O–H groups in total. The molecule has 0 amide bonds. The summed E-state index contributed by atoms with van der Waals surface area (Å²) in [4.78, 5) is 0. The third-order valence-electron chi connectivity index (χ3n) is 3.38. The Bertz CT molecular complexity index is 329. The average Bonchev–Trinajstić information content (AvgIpc) is 2.42. The first-order valence-corrected chi connectivity index (χ1v) is 8.49. The maximum Gasteiger partial charge on any atom is 0.279 e. The Labute approximate surface area is 117 Å². The third kappa shape index (κ3) is 6.67. The van der Waals surface area contributed by atoms with E-state index in [1.807, 2.05) is 6.92 Å². The minimum atomic E-state index is -3.33. The normalized spacial score (nSPS) is 18.1. The van der Waals surface area contributed by atoms with E-state index in [1.54, 1.807) is 7.05 Å². The SMILES string of the molecule is CCNCCCN(C)S(=O)(=O)NCC1CCOCC1. The van der Waals surface area contributed by atoms with Crippen LogP contribution < -0.4 is 10.0 Å². The predicted molar refractivity (Wildman–Crippen MR) is 76.3 cm³/mol. The lowest BCUT2D eigenvalue weighted by Gasteiger charge is -2.24. The zero-order valence-corrected chi connectivity index (χ0v) is 12.8. The van der Waals surface area contributed by atoms with Crippen LogP contribution in [0.25, 0.3) is 0 Å². The Morgan fingerprint density at radius 2 is 2.00 bits per heavy atom. The highest BCUT2D eigenvalue weighted by Gasteiger charge is 2.20. The Balaban J connectivity index is 2.24. The van der Waals surface area contributed by atoms with Crippen molar-refractivity contribution in [3.8, 4) is 0 Å². The van der Waals surface area contributed by atoms with Gasteiger partial charge in [-0.05, 0) is 38.3 Å². The highest BCUT2D eigenvalue weighted by molar-refractivity contribution is 7.87. The van der Waals surface area contributed by atoms with Gasteiger partial charge in [-0.15, -0.1) is 0 Å². The van der Waals surface area contributed by atoms with Crippen molar-refractivity contribution in [2.45, 2.75) is 26.2 Å². The number of nitrogens with one attached hydrogen (secondary N) is 2. The van der Waals surface area contributed by atoms with E-state index in [9.17, 15) is 8.42 Å². The molecule has 1 heterocycles. The van der Waals surface area contributed by atoms with Crippen LogP contribution in [0.2, 0.25) is 0 Å². The van der Waals surface area contributed by atoms with Gasteiger partial charge in [0.2, 0.25) is 0 Å². The summed E-state index contributed by atoms with van der Waals surface area (Å²) < 4.78 is 33.3. The lowest BCUT2D eigenvalue weighted by Crippen LogP contribution is -2.42. The van der Waals surface area contributed by atoms with Crippen molar-refractivity contribution in [2.24, 2.45) is 5.92 Å². The second-order valence-corrected chi connectivity index (χ2v) is 6.80. The molecule has 0 aliphatic carbocycles. The Morgan fingerprint density at radius 1 is 1.32 bits per heavy atom. The van der Waals surface area contributed by atoms with Crippen molar-refractivity contribution in [1.29, 1.82) is 0 Å². The topological polar surface area (TPSA) is 70.7 Å². The van der Waals surface area contributed by atoms with Crippen LogP contribution in [0.3, 0.4) is 0 Å². The fraction of sp³-hybridized carbons (Fsp3) is 1.00. The van der Waals surface area contributed by atoms with E-state index >= 15 is 0 Å². The smallest absolute Gasteiger partial charge is 0.279 e. The zero-order valence-electron chi connectivity index (χ0n) is 12.0. The highest BCUT2D eigenvalue weighted by Crippen LogP contribution is 2.13. The lowest BCUT2D eigenvalue weighted by molar-refractivity contribution is 0.0677. The van der Waals surface area contributed by atoms with Gasteiger partial charge in [0.25, 0.3) is 10.2 Å². The van der Waals surface area contributed by atoms with Gasteiger partial charge in [0.15, 0.2) is 0 Å². The van der Waals surface area contributed by atoms with Gasteiger partial charge in [-0.3, -0.25) is 0 Å². The largest absolute Gasteiger partial charge is 0.381 e. The molecule has 7 heteroatoms. The summed E-state index contributed by atoms with van der Waals surface area (Å²) in [5, 5.41) is 3.18. The van der Waals surface area contributed by atoms with Crippen molar-refractivity contribution in [1.82, 2.24) is 14.3 Å². The Hall–Kier alpha value is -0.210.